The molecule has 0 aliphatic carbocycles. The third-order valence-corrected chi connectivity index (χ3v) is 11.6. The second-order valence-electron chi connectivity index (χ2n) is 15.9. The van der Waals surface area contributed by atoms with Crippen molar-refractivity contribution in [2.24, 2.45) is 0 Å². The van der Waals surface area contributed by atoms with E-state index in [0.717, 1.165) is 24.3 Å². The average molecular weight is 951 g/mol. The molecule has 17 N–H and O–H groups in total. The number of fused-ring (bicyclic) bond motifs is 1. The molecule has 20 atom stereocenters. The first kappa shape index (κ1) is 49.7. The quantitative estimate of drug-likeness (QED) is 0.0708. The van der Waals surface area contributed by atoms with Crippen LogP contribution in [0.1, 0.15) is 0 Å². The van der Waals surface area contributed by atoms with E-state index >= 15 is 0 Å². The van der Waals surface area contributed by atoms with E-state index in [1.807, 2.05) is 0 Å². The Morgan fingerprint density at radius 1 is 0.470 bits per heavy atom. The third-order valence-electron chi connectivity index (χ3n) is 11.6. The lowest BCUT2D eigenvalue weighted by Crippen LogP contribution is -2.67. The van der Waals surface area contributed by atoms with Crippen LogP contribution < -0.4 is 10.2 Å². The number of hydrogen-bond donors (Lipinski definition) is 17. The van der Waals surface area contributed by atoms with Crippen LogP contribution >= 0.6 is 0 Å². The van der Waals surface area contributed by atoms with Crippen molar-refractivity contribution in [3.05, 3.63) is 40.6 Å². The highest BCUT2D eigenvalue weighted by Gasteiger charge is 2.55. The van der Waals surface area contributed by atoms with Crippen LogP contribution in [0.25, 0.3) is 22.3 Å². The van der Waals surface area contributed by atoms with E-state index in [4.69, 9.17) is 42.3 Å². The maximum absolute atomic E-state index is 13.8. The molecule has 4 fully saturated rings. The number of hydrogen-bond acceptors (Lipinski definition) is 27. The molecule has 0 unspecified atom stereocenters. The van der Waals surface area contributed by atoms with E-state index in [1.54, 1.807) is 0 Å². The Morgan fingerprint density at radius 2 is 0.909 bits per heavy atom. The molecule has 0 radical (unpaired) electrons. The number of rotatable bonds is 13. The van der Waals surface area contributed by atoms with E-state index in [2.05, 4.69) is 0 Å². The van der Waals surface area contributed by atoms with Crippen LogP contribution in [-0.2, 0) is 33.2 Å². The molecule has 4 aliphatic rings. The van der Waals surface area contributed by atoms with Gasteiger partial charge in [-0.05, 0) is 18.2 Å². The van der Waals surface area contributed by atoms with Crippen molar-refractivity contribution in [2.45, 2.75) is 123 Å². The summed E-state index contributed by atoms with van der Waals surface area (Å²) in [7, 11) is 0. The topological polar surface area (TPSA) is 448 Å². The molecule has 0 amide bonds. The second kappa shape index (κ2) is 20.2. The first-order valence-corrected chi connectivity index (χ1v) is 20.2. The number of aliphatic hydroxyl groups excluding tert-OH is 13. The number of benzene rings is 2. The van der Waals surface area contributed by atoms with E-state index in [9.17, 15) is 91.6 Å². The van der Waals surface area contributed by atoms with Gasteiger partial charge < -0.3 is 129 Å². The van der Waals surface area contributed by atoms with Crippen molar-refractivity contribution in [1.82, 2.24) is 0 Å². The molecule has 4 saturated heterocycles. The van der Waals surface area contributed by atoms with Gasteiger partial charge >= 0.3 is 0 Å². The summed E-state index contributed by atoms with van der Waals surface area (Å²) < 4.78 is 50.5. The van der Waals surface area contributed by atoms with Gasteiger partial charge in [-0.2, -0.15) is 0 Å². The molecule has 66 heavy (non-hydrogen) atoms. The Bertz CT molecular complexity index is 2180. The monoisotopic (exact) mass is 950 g/mol. The van der Waals surface area contributed by atoms with E-state index in [0.29, 0.717) is 0 Å². The minimum absolute atomic E-state index is 0.116. The van der Waals surface area contributed by atoms with E-state index < -0.39 is 195 Å². The Balaban J connectivity index is 1.05. The molecule has 368 valence electrons. The van der Waals surface area contributed by atoms with Crippen LogP contribution in [0.2, 0.25) is 0 Å². The van der Waals surface area contributed by atoms with Gasteiger partial charge in [-0.25, -0.2) is 0 Å². The first-order valence-electron chi connectivity index (χ1n) is 20.2. The summed E-state index contributed by atoms with van der Waals surface area (Å²) in [4.78, 5) is 13.8. The van der Waals surface area contributed by atoms with E-state index in [-0.39, 0.29) is 11.1 Å². The molecule has 27 heteroatoms. The minimum Gasteiger partial charge on any atom is -0.508 e. The van der Waals surface area contributed by atoms with Gasteiger partial charge in [-0.15, -0.1) is 0 Å². The van der Waals surface area contributed by atoms with Crippen LogP contribution in [0, 0.1) is 0 Å². The van der Waals surface area contributed by atoms with Gasteiger partial charge in [0.1, 0.15) is 120 Å². The lowest BCUT2D eigenvalue weighted by molar-refractivity contribution is -0.387. The van der Waals surface area contributed by atoms with Crippen molar-refractivity contribution in [2.75, 3.05) is 26.4 Å². The molecule has 2 aromatic carbocycles. The van der Waals surface area contributed by atoms with Gasteiger partial charge in [0, 0.05) is 17.7 Å². The number of phenolic OH excluding ortho intramolecular Hbond substituents is 4. The number of phenols is 4. The van der Waals surface area contributed by atoms with Crippen molar-refractivity contribution in [3.8, 4) is 40.1 Å². The van der Waals surface area contributed by atoms with Crippen LogP contribution in [0.4, 0.5) is 0 Å². The molecular weight excluding hydrogens is 900 g/mol. The fourth-order valence-corrected chi connectivity index (χ4v) is 7.97. The summed E-state index contributed by atoms with van der Waals surface area (Å²) in [5.74, 6) is -3.81. The third kappa shape index (κ3) is 9.36. The molecule has 4 aliphatic heterocycles. The second-order valence-corrected chi connectivity index (χ2v) is 15.9. The van der Waals surface area contributed by atoms with Gasteiger partial charge in [-0.1, -0.05) is 0 Å². The molecule has 0 bridgehead atoms. The maximum Gasteiger partial charge on any atom is 0.239 e. The number of aliphatic hydroxyl groups is 13. The maximum atomic E-state index is 13.8. The molecule has 0 saturated carbocycles. The fraction of sp³-hybridized carbons (Fsp3) is 0.615. The van der Waals surface area contributed by atoms with Gasteiger partial charge in [0.05, 0.1) is 26.4 Å². The molecule has 0 spiro atoms. The number of aromatic hydroxyl groups is 4. The highest BCUT2D eigenvalue weighted by atomic mass is 16.8. The summed E-state index contributed by atoms with van der Waals surface area (Å²) in [5, 5.41) is 178. The Morgan fingerprint density at radius 3 is 1.38 bits per heavy atom. The Labute approximate surface area is 369 Å². The predicted molar refractivity (Wildman–Crippen MR) is 207 cm³/mol. The standard InChI is InChI=1S/C39H50O27/c40-6-16-21(48)23(50)27(54)36(59-16)63-32-17(7-41)60-37(28(55)24(32)51)64-33-18(8-42)61-38(29(56)25(33)52)65-34-19(9-43)62-39(30(57)26(34)53)66-35-22(49)20-14(47)4-11(44)5-15(20)58-31(35)10-1-2-12(45)13(46)3-10/h1-5,16-19,21,23-30,32-34,36-48,50-57H,6-9H2/t16-,17-,18-,19-,21-,23+,24-,25-,26-,27-,28-,29-,30-,32-,33-,34-,36+,37+,38+,39+/m1/s1. The summed E-state index contributed by atoms with van der Waals surface area (Å²) in [6.45, 7) is -3.81. The molecular formula is C39H50O27. The summed E-state index contributed by atoms with van der Waals surface area (Å²) in [5.41, 5.74) is -1.60. The van der Waals surface area contributed by atoms with Crippen LogP contribution in [0.15, 0.2) is 39.5 Å². The van der Waals surface area contributed by atoms with E-state index in [1.165, 1.54) is 6.07 Å². The Hall–Kier alpha value is -4.15. The highest BCUT2D eigenvalue weighted by molar-refractivity contribution is 5.88. The van der Waals surface area contributed by atoms with Crippen molar-refractivity contribution < 1.29 is 129 Å². The Kier molecular flexibility index (Phi) is 15.2. The van der Waals surface area contributed by atoms with Gasteiger partial charge in [0.2, 0.25) is 17.5 Å². The zero-order chi connectivity index (χ0) is 48.0. The van der Waals surface area contributed by atoms with Crippen LogP contribution in [-0.4, -0.2) is 236 Å². The minimum atomic E-state index is -2.19. The van der Waals surface area contributed by atoms with Crippen LogP contribution in [0.3, 0.4) is 0 Å². The van der Waals surface area contributed by atoms with Crippen molar-refractivity contribution in [1.29, 1.82) is 0 Å². The predicted octanol–water partition coefficient (Wildman–Crippen LogP) is -7.07. The molecule has 27 nitrogen and oxygen atoms in total. The SMILES string of the molecule is O=c1c(O[C@@H]2O[C@H](CO)[C@@H](O[C@@H]3O[C@H](CO)[C@@H](O[C@@H]4O[C@H](CO)[C@@H](O[C@@H]5O[C@H](CO)[C@@H](O)[C@H](O)[C@H]5O)[C@H](O)[C@H]4O)[C@H](O)[C@H]3O)[C@H](O)[C@H]2O)c(-c2ccc(O)c(O)c2)oc2cc(O)cc(O)c12. The zero-order valence-electron chi connectivity index (χ0n) is 33.9. The van der Waals surface area contributed by atoms with Crippen LogP contribution in [0.5, 0.6) is 28.7 Å². The number of ether oxygens (including phenoxy) is 8. The molecule has 3 aromatic rings. The molecule has 5 heterocycles. The van der Waals surface area contributed by atoms with Crippen molar-refractivity contribution in [3.63, 3.8) is 0 Å². The smallest absolute Gasteiger partial charge is 0.239 e. The molecule has 7 rings (SSSR count). The average Bonchev–Trinajstić information content (AvgIpc) is 3.29. The largest absolute Gasteiger partial charge is 0.508 e. The summed E-state index contributed by atoms with van der Waals surface area (Å²) in [6.07, 6.45) is -38.1. The first-order chi connectivity index (χ1) is 31.3. The zero-order valence-corrected chi connectivity index (χ0v) is 33.9. The summed E-state index contributed by atoms with van der Waals surface area (Å²) >= 11 is 0. The van der Waals surface area contributed by atoms with Gasteiger partial charge in [0.15, 0.2) is 36.1 Å². The van der Waals surface area contributed by atoms with Gasteiger partial charge in [0.25, 0.3) is 0 Å². The highest BCUT2D eigenvalue weighted by Crippen LogP contribution is 2.40. The lowest BCUT2D eigenvalue weighted by atomic mass is 9.95. The lowest BCUT2D eigenvalue weighted by Gasteiger charge is -2.49. The summed E-state index contributed by atoms with van der Waals surface area (Å²) in [6, 6.07) is 4.97. The fourth-order valence-electron chi connectivity index (χ4n) is 7.97. The normalized spacial score (nSPS) is 39.8. The van der Waals surface area contributed by atoms with Gasteiger partial charge in [-0.3, -0.25) is 4.79 Å². The molecule has 1 aromatic heterocycles. The van der Waals surface area contributed by atoms with Crippen molar-refractivity contribution >= 4 is 11.0 Å².